The van der Waals surface area contributed by atoms with E-state index in [0.29, 0.717) is 5.56 Å². The van der Waals surface area contributed by atoms with Crippen LogP contribution in [0.5, 0.6) is 5.75 Å². The summed E-state index contributed by atoms with van der Waals surface area (Å²) >= 11 is 0. The Morgan fingerprint density at radius 3 is 2.50 bits per heavy atom. The largest absolute Gasteiger partial charge is 0.485 e. The summed E-state index contributed by atoms with van der Waals surface area (Å²) in [7, 11) is 1.29. The number of hydrogen-bond donors (Lipinski definition) is 0. The van der Waals surface area contributed by atoms with Crippen molar-refractivity contribution in [1.29, 1.82) is 0 Å². The van der Waals surface area contributed by atoms with Crippen LogP contribution >= 0.6 is 0 Å². The van der Waals surface area contributed by atoms with Crippen molar-refractivity contribution in [3.63, 3.8) is 0 Å². The van der Waals surface area contributed by atoms with E-state index in [2.05, 4.69) is 6.92 Å². The van der Waals surface area contributed by atoms with Crippen molar-refractivity contribution in [2.75, 3.05) is 13.7 Å². The molecule has 2 aromatic carbocycles. The lowest BCUT2D eigenvalue weighted by Crippen LogP contribution is -2.41. The fraction of sp³-hybridized carbons (Fsp3) is 0.364. The normalized spacial score (nSPS) is 18.8. The van der Waals surface area contributed by atoms with E-state index < -0.39 is 23.9 Å². The van der Waals surface area contributed by atoms with Crippen molar-refractivity contribution < 1.29 is 23.5 Å². The van der Waals surface area contributed by atoms with Crippen LogP contribution in [0.15, 0.2) is 48.5 Å². The Bertz CT molecular complexity index is 837. The predicted molar refractivity (Wildman–Crippen MR) is 103 cm³/mol. The van der Waals surface area contributed by atoms with E-state index in [-0.39, 0.29) is 24.6 Å². The van der Waals surface area contributed by atoms with Gasteiger partial charge in [-0.1, -0.05) is 37.6 Å². The van der Waals surface area contributed by atoms with Crippen LogP contribution in [0.2, 0.25) is 0 Å². The Morgan fingerprint density at radius 1 is 1.14 bits per heavy atom. The molecule has 3 rings (SSSR count). The lowest BCUT2D eigenvalue weighted by molar-refractivity contribution is -0.145. The van der Waals surface area contributed by atoms with E-state index >= 15 is 0 Å². The number of amides is 1. The third-order valence-electron chi connectivity index (χ3n) is 4.87. The number of esters is 1. The monoisotopic (exact) mass is 385 g/mol. The highest BCUT2D eigenvalue weighted by Gasteiger charge is 2.42. The van der Waals surface area contributed by atoms with Gasteiger partial charge in [0, 0.05) is 12.0 Å². The average Bonchev–Trinajstić information content (AvgIpc) is 3.13. The van der Waals surface area contributed by atoms with Crippen molar-refractivity contribution in [2.24, 2.45) is 0 Å². The number of rotatable bonds is 6. The van der Waals surface area contributed by atoms with Crippen molar-refractivity contribution in [1.82, 2.24) is 4.90 Å². The maximum Gasteiger partial charge on any atom is 0.328 e. The second kappa shape index (κ2) is 8.87. The third kappa shape index (κ3) is 4.32. The molecule has 1 saturated heterocycles. The molecule has 148 valence electrons. The molecule has 2 atom stereocenters. The minimum atomic E-state index is -0.760. The van der Waals surface area contributed by atoms with Gasteiger partial charge in [-0.25, -0.2) is 9.18 Å². The number of carbonyl (C=O) groups excluding carboxylic acids is 2. The van der Waals surface area contributed by atoms with Crippen molar-refractivity contribution in [3.8, 4) is 5.75 Å². The van der Waals surface area contributed by atoms with Crippen LogP contribution in [0.1, 0.15) is 35.7 Å². The molecule has 1 amide bonds. The number of carbonyl (C=O) groups is 2. The molecule has 1 aliphatic rings. The second-order valence-electron chi connectivity index (χ2n) is 6.85. The molecule has 0 aliphatic carbocycles. The summed E-state index contributed by atoms with van der Waals surface area (Å²) in [5.74, 6) is -1.14. The molecule has 0 saturated carbocycles. The first-order valence-electron chi connectivity index (χ1n) is 9.42. The van der Waals surface area contributed by atoms with E-state index in [1.807, 2.05) is 12.1 Å². The molecule has 1 fully saturated rings. The minimum absolute atomic E-state index is 0.106. The van der Waals surface area contributed by atoms with E-state index in [1.165, 1.54) is 24.1 Å². The molecular formula is C22H24FNO4. The number of aryl methyl sites for hydroxylation is 1. The SMILES string of the molecule is CCCc1ccc(C(=O)N2CC(Oc3ccccc3F)CC2C(=O)OC)cc1. The quantitative estimate of drug-likeness (QED) is 0.713. The van der Waals surface area contributed by atoms with Gasteiger partial charge >= 0.3 is 5.97 Å². The summed E-state index contributed by atoms with van der Waals surface area (Å²) in [4.78, 5) is 26.7. The number of halogens is 1. The number of ether oxygens (including phenoxy) is 2. The predicted octanol–water partition coefficient (Wildman–Crippen LogP) is 3.61. The zero-order valence-corrected chi connectivity index (χ0v) is 16.1. The first-order valence-corrected chi connectivity index (χ1v) is 9.42. The Morgan fingerprint density at radius 2 is 1.86 bits per heavy atom. The lowest BCUT2D eigenvalue weighted by atomic mass is 10.1. The number of nitrogens with zero attached hydrogens (tertiary/aromatic N) is 1. The van der Waals surface area contributed by atoms with E-state index in [0.717, 1.165) is 18.4 Å². The number of hydrogen-bond acceptors (Lipinski definition) is 4. The Hall–Kier alpha value is -2.89. The van der Waals surface area contributed by atoms with Crippen molar-refractivity contribution >= 4 is 11.9 Å². The van der Waals surface area contributed by atoms with E-state index in [9.17, 15) is 14.0 Å². The molecule has 2 unspecified atom stereocenters. The molecule has 28 heavy (non-hydrogen) atoms. The fourth-order valence-corrected chi connectivity index (χ4v) is 3.46. The van der Waals surface area contributed by atoms with Crippen LogP contribution in [0.3, 0.4) is 0 Å². The summed E-state index contributed by atoms with van der Waals surface area (Å²) in [6, 6.07) is 12.7. The van der Waals surface area contributed by atoms with Gasteiger partial charge < -0.3 is 14.4 Å². The Balaban J connectivity index is 1.78. The van der Waals surface area contributed by atoms with Gasteiger partial charge in [-0.2, -0.15) is 0 Å². The summed E-state index contributed by atoms with van der Waals surface area (Å²) in [5.41, 5.74) is 1.66. The molecule has 0 aromatic heterocycles. The highest BCUT2D eigenvalue weighted by Crippen LogP contribution is 2.27. The maximum atomic E-state index is 13.9. The van der Waals surface area contributed by atoms with Crippen LogP contribution in [0.25, 0.3) is 0 Å². The van der Waals surface area contributed by atoms with Crippen molar-refractivity contribution in [2.45, 2.75) is 38.3 Å². The van der Waals surface area contributed by atoms with Gasteiger partial charge in [-0.15, -0.1) is 0 Å². The van der Waals surface area contributed by atoms with E-state index in [4.69, 9.17) is 9.47 Å². The Kier molecular flexibility index (Phi) is 6.29. The molecule has 1 heterocycles. The van der Waals surface area contributed by atoms with Gasteiger partial charge in [0.15, 0.2) is 11.6 Å². The van der Waals surface area contributed by atoms with Crippen molar-refractivity contribution in [3.05, 3.63) is 65.5 Å². The molecule has 0 spiro atoms. The molecule has 0 radical (unpaired) electrons. The van der Waals surface area contributed by atoms with Crippen LogP contribution in [0.4, 0.5) is 4.39 Å². The highest BCUT2D eigenvalue weighted by atomic mass is 19.1. The Labute approximate surface area is 164 Å². The van der Waals surface area contributed by atoms with E-state index in [1.54, 1.807) is 24.3 Å². The standard InChI is InChI=1S/C22H24FNO4/c1-3-6-15-9-11-16(12-10-15)21(25)24-14-17(13-19(24)22(26)27-2)28-20-8-5-4-7-18(20)23/h4-5,7-12,17,19H,3,6,13-14H2,1-2H3. The number of para-hydroxylation sites is 1. The first kappa shape index (κ1) is 19.9. The van der Waals surface area contributed by atoms with Crippen LogP contribution in [-0.2, 0) is 16.0 Å². The number of benzene rings is 2. The number of methoxy groups -OCH3 is 1. The summed E-state index contributed by atoms with van der Waals surface area (Å²) < 4.78 is 24.5. The topological polar surface area (TPSA) is 55.8 Å². The van der Waals surface area contributed by atoms with Gasteiger partial charge in [0.25, 0.3) is 5.91 Å². The summed E-state index contributed by atoms with van der Waals surface area (Å²) in [6.07, 6.45) is 1.73. The van der Waals surface area contributed by atoms with Crippen LogP contribution in [-0.4, -0.2) is 42.6 Å². The summed E-state index contributed by atoms with van der Waals surface area (Å²) in [6.45, 7) is 2.28. The second-order valence-corrected chi connectivity index (χ2v) is 6.85. The molecule has 1 aliphatic heterocycles. The lowest BCUT2D eigenvalue weighted by Gasteiger charge is -2.22. The molecule has 0 N–H and O–H groups in total. The molecule has 6 heteroatoms. The number of likely N-dealkylation sites (tertiary alicyclic amines) is 1. The van der Waals surface area contributed by atoms with Gasteiger partial charge in [0.2, 0.25) is 0 Å². The van der Waals surface area contributed by atoms with Gasteiger partial charge in [-0.3, -0.25) is 4.79 Å². The minimum Gasteiger partial charge on any atom is -0.485 e. The molecule has 5 nitrogen and oxygen atoms in total. The highest BCUT2D eigenvalue weighted by molar-refractivity contribution is 5.97. The smallest absolute Gasteiger partial charge is 0.328 e. The average molecular weight is 385 g/mol. The first-order chi connectivity index (χ1) is 13.5. The fourth-order valence-electron chi connectivity index (χ4n) is 3.46. The summed E-state index contributed by atoms with van der Waals surface area (Å²) in [5, 5.41) is 0. The third-order valence-corrected chi connectivity index (χ3v) is 4.87. The zero-order chi connectivity index (χ0) is 20.1. The van der Waals surface area contributed by atoms with Crippen LogP contribution < -0.4 is 4.74 Å². The maximum absolute atomic E-state index is 13.9. The molecule has 2 aromatic rings. The van der Waals surface area contributed by atoms with Gasteiger partial charge in [0.05, 0.1) is 13.7 Å². The molecule has 0 bridgehead atoms. The van der Waals surface area contributed by atoms with Crippen LogP contribution in [0, 0.1) is 5.82 Å². The zero-order valence-electron chi connectivity index (χ0n) is 16.1. The van der Waals surface area contributed by atoms with Gasteiger partial charge in [0.1, 0.15) is 12.1 Å². The van der Waals surface area contributed by atoms with Gasteiger partial charge in [-0.05, 0) is 36.2 Å². The molecular weight excluding hydrogens is 361 g/mol.